The Morgan fingerprint density at radius 2 is 1.87 bits per heavy atom. The molecule has 0 unspecified atom stereocenters. The van der Waals surface area contributed by atoms with Gasteiger partial charge in [0.1, 0.15) is 11.6 Å². The van der Waals surface area contributed by atoms with Crippen LogP contribution in [-0.2, 0) is 16.8 Å². The van der Waals surface area contributed by atoms with Crippen LogP contribution in [0.5, 0.6) is 5.75 Å². The Kier molecular flexibility index (Phi) is 7.48. The van der Waals surface area contributed by atoms with E-state index in [-0.39, 0.29) is 30.1 Å². The summed E-state index contributed by atoms with van der Waals surface area (Å²) in [5.41, 5.74) is 5.68. The smallest absolute Gasteiger partial charge is 0.330 e. The Balaban J connectivity index is 2.32. The molecular weight excluding hydrogens is 384 g/mol. The molecule has 1 heterocycles. The van der Waals surface area contributed by atoms with E-state index in [1.807, 2.05) is 31.2 Å². The molecule has 164 valence electrons. The van der Waals surface area contributed by atoms with E-state index in [1.165, 1.54) is 9.47 Å². The van der Waals surface area contributed by atoms with Crippen LogP contribution in [0.15, 0.2) is 33.9 Å². The lowest BCUT2D eigenvalue weighted by Crippen LogP contribution is -2.42. The molecule has 8 nitrogen and oxygen atoms in total. The molecule has 0 saturated carbocycles. The molecule has 0 spiro atoms. The zero-order chi connectivity index (χ0) is 22.5. The van der Waals surface area contributed by atoms with Gasteiger partial charge in [0.15, 0.2) is 12.3 Å². The molecule has 3 N–H and O–H groups in total. The topological polar surface area (TPSA) is 110 Å². The van der Waals surface area contributed by atoms with E-state index < -0.39 is 17.2 Å². The van der Waals surface area contributed by atoms with Crippen molar-refractivity contribution in [1.29, 1.82) is 0 Å². The van der Waals surface area contributed by atoms with E-state index in [9.17, 15) is 14.4 Å². The first-order chi connectivity index (χ1) is 14.1. The molecule has 0 fully saturated rings. The molecule has 1 amide bonds. The van der Waals surface area contributed by atoms with Crippen molar-refractivity contribution < 1.29 is 9.53 Å². The monoisotopic (exact) mass is 416 g/mol. The van der Waals surface area contributed by atoms with Gasteiger partial charge in [-0.2, -0.15) is 0 Å². The number of H-pyrrole nitrogens is 1. The molecule has 2 aromatic rings. The van der Waals surface area contributed by atoms with Crippen molar-refractivity contribution in [3.8, 4) is 5.75 Å². The third-order valence-corrected chi connectivity index (χ3v) is 4.88. The van der Waals surface area contributed by atoms with Crippen molar-refractivity contribution in [1.82, 2.24) is 9.55 Å². The number of para-hydroxylation sites is 1. The van der Waals surface area contributed by atoms with Gasteiger partial charge in [0, 0.05) is 13.1 Å². The quantitative estimate of drug-likeness (QED) is 0.687. The third kappa shape index (κ3) is 5.11. The number of carbonyl (C=O) groups excluding carboxylic acids is 1. The lowest BCUT2D eigenvalue weighted by atomic mass is 9.86. The van der Waals surface area contributed by atoms with E-state index >= 15 is 0 Å². The number of hydrogen-bond donors (Lipinski definition) is 2. The molecule has 0 aliphatic rings. The highest BCUT2D eigenvalue weighted by atomic mass is 16.5. The zero-order valence-corrected chi connectivity index (χ0v) is 18.4. The number of nitrogens with one attached hydrogen (secondary N) is 1. The fourth-order valence-electron chi connectivity index (χ4n) is 3.27. The summed E-state index contributed by atoms with van der Waals surface area (Å²) >= 11 is 0. The highest BCUT2D eigenvalue weighted by Crippen LogP contribution is 2.31. The molecular formula is C22H32N4O4. The van der Waals surface area contributed by atoms with Gasteiger partial charge in [0.05, 0.1) is 0 Å². The third-order valence-electron chi connectivity index (χ3n) is 4.88. The number of ether oxygens (including phenoxy) is 1. The van der Waals surface area contributed by atoms with E-state index in [4.69, 9.17) is 10.5 Å². The van der Waals surface area contributed by atoms with Gasteiger partial charge in [-0.05, 0) is 30.4 Å². The van der Waals surface area contributed by atoms with Crippen LogP contribution < -0.4 is 26.6 Å². The molecule has 0 bridgehead atoms. The van der Waals surface area contributed by atoms with Crippen LogP contribution in [0.2, 0.25) is 0 Å². The number of aromatic nitrogens is 2. The summed E-state index contributed by atoms with van der Waals surface area (Å²) in [6.07, 6.45) is 1.58. The van der Waals surface area contributed by atoms with Crippen LogP contribution in [0.3, 0.4) is 0 Å². The standard InChI is InChI=1S/C22H32N4O4/c1-6-8-13-26-19(23)18(20(28)24-21(26)29)25(7-2)17(27)14-30-16-12-10-9-11-15(16)22(3,4)5/h9-12H,6-8,13-14,23H2,1-5H3,(H,24,28,29). The molecule has 2 rings (SSSR count). The number of amides is 1. The molecule has 0 saturated heterocycles. The Bertz CT molecular complexity index is 1000. The maximum atomic E-state index is 12.9. The second-order valence-electron chi connectivity index (χ2n) is 8.17. The molecule has 0 radical (unpaired) electrons. The van der Waals surface area contributed by atoms with Crippen LogP contribution in [0.4, 0.5) is 11.5 Å². The minimum atomic E-state index is -0.685. The Labute approximate surface area is 176 Å². The maximum absolute atomic E-state index is 12.9. The summed E-state index contributed by atoms with van der Waals surface area (Å²) in [4.78, 5) is 41.1. The molecule has 0 aliphatic heterocycles. The largest absolute Gasteiger partial charge is 0.483 e. The first-order valence-corrected chi connectivity index (χ1v) is 10.3. The molecule has 30 heavy (non-hydrogen) atoms. The highest BCUT2D eigenvalue weighted by molar-refractivity contribution is 5.96. The number of nitrogens with zero attached hydrogens (tertiary/aromatic N) is 2. The van der Waals surface area contributed by atoms with Crippen molar-refractivity contribution in [3.05, 3.63) is 50.7 Å². The normalized spacial score (nSPS) is 11.4. The van der Waals surface area contributed by atoms with Gasteiger partial charge in [-0.1, -0.05) is 52.3 Å². The molecule has 0 atom stereocenters. The molecule has 1 aromatic carbocycles. The summed E-state index contributed by atoms with van der Waals surface area (Å²) in [7, 11) is 0. The fraction of sp³-hybridized carbons (Fsp3) is 0.500. The van der Waals surface area contributed by atoms with Gasteiger partial charge in [0.2, 0.25) is 0 Å². The van der Waals surface area contributed by atoms with Crippen LogP contribution in [0, 0.1) is 0 Å². The highest BCUT2D eigenvalue weighted by Gasteiger charge is 2.24. The van der Waals surface area contributed by atoms with Gasteiger partial charge in [0.25, 0.3) is 11.5 Å². The second kappa shape index (κ2) is 9.65. The Morgan fingerprint density at radius 3 is 2.47 bits per heavy atom. The predicted molar refractivity (Wildman–Crippen MR) is 119 cm³/mol. The number of carbonyl (C=O) groups is 1. The van der Waals surface area contributed by atoms with Gasteiger partial charge in [-0.15, -0.1) is 0 Å². The van der Waals surface area contributed by atoms with Crippen molar-refractivity contribution in [2.75, 3.05) is 23.8 Å². The number of benzene rings is 1. The summed E-state index contributed by atoms with van der Waals surface area (Å²) < 4.78 is 7.11. The number of hydrogen-bond acceptors (Lipinski definition) is 5. The van der Waals surface area contributed by atoms with Crippen LogP contribution in [0.25, 0.3) is 0 Å². The van der Waals surface area contributed by atoms with Crippen LogP contribution >= 0.6 is 0 Å². The first-order valence-electron chi connectivity index (χ1n) is 10.3. The lowest BCUT2D eigenvalue weighted by Gasteiger charge is -2.25. The first kappa shape index (κ1) is 23.3. The van der Waals surface area contributed by atoms with E-state index in [0.717, 1.165) is 18.4 Å². The van der Waals surface area contributed by atoms with Crippen LogP contribution in [0.1, 0.15) is 53.0 Å². The predicted octanol–water partition coefficient (Wildman–Crippen LogP) is 2.65. The van der Waals surface area contributed by atoms with Crippen LogP contribution in [-0.4, -0.2) is 28.6 Å². The fourth-order valence-corrected chi connectivity index (χ4v) is 3.27. The number of anilines is 2. The zero-order valence-electron chi connectivity index (χ0n) is 18.4. The number of unbranched alkanes of at least 4 members (excludes halogenated alkanes) is 1. The van der Waals surface area contributed by atoms with E-state index in [2.05, 4.69) is 25.8 Å². The number of rotatable bonds is 8. The number of nitrogen functional groups attached to an aromatic ring is 1. The summed E-state index contributed by atoms with van der Waals surface area (Å²) in [5.74, 6) is 0.186. The minimum Gasteiger partial charge on any atom is -0.483 e. The van der Waals surface area contributed by atoms with Gasteiger partial charge in [-0.3, -0.25) is 19.1 Å². The SMILES string of the molecule is CCCCn1c(N)c(N(CC)C(=O)COc2ccccc2C(C)(C)C)c(=O)[nH]c1=O. The average molecular weight is 417 g/mol. The Morgan fingerprint density at radius 1 is 1.20 bits per heavy atom. The van der Waals surface area contributed by atoms with Crippen molar-refractivity contribution in [2.45, 2.75) is 59.4 Å². The summed E-state index contributed by atoms with van der Waals surface area (Å²) in [6.45, 7) is 10.2. The molecule has 8 heteroatoms. The van der Waals surface area contributed by atoms with Crippen molar-refractivity contribution >= 4 is 17.4 Å². The molecule has 1 aromatic heterocycles. The van der Waals surface area contributed by atoms with Crippen molar-refractivity contribution in [3.63, 3.8) is 0 Å². The van der Waals surface area contributed by atoms with Gasteiger partial charge >= 0.3 is 5.69 Å². The van der Waals surface area contributed by atoms with E-state index in [1.54, 1.807) is 6.92 Å². The minimum absolute atomic E-state index is 0.0116. The summed E-state index contributed by atoms with van der Waals surface area (Å²) in [5, 5.41) is 0. The number of likely N-dealkylation sites (N-methyl/N-ethyl adjacent to an activating group) is 1. The number of nitrogens with two attached hydrogens (primary N) is 1. The van der Waals surface area contributed by atoms with Gasteiger partial charge < -0.3 is 15.4 Å². The second-order valence-corrected chi connectivity index (χ2v) is 8.17. The molecule has 0 aliphatic carbocycles. The lowest BCUT2D eigenvalue weighted by molar-refractivity contribution is -0.120. The van der Waals surface area contributed by atoms with Crippen molar-refractivity contribution in [2.24, 2.45) is 0 Å². The number of aromatic amines is 1. The summed E-state index contributed by atoms with van der Waals surface area (Å²) in [6, 6.07) is 7.55. The van der Waals surface area contributed by atoms with E-state index in [0.29, 0.717) is 12.3 Å². The maximum Gasteiger partial charge on any atom is 0.330 e. The Hall–Kier alpha value is -3.03. The van der Waals surface area contributed by atoms with Gasteiger partial charge in [-0.25, -0.2) is 4.79 Å². The average Bonchev–Trinajstić information content (AvgIpc) is 2.68.